The van der Waals surface area contributed by atoms with Crippen molar-refractivity contribution in [2.75, 3.05) is 0 Å². The maximum Gasteiger partial charge on any atom is 0.408 e. The van der Waals surface area contributed by atoms with E-state index in [1.165, 1.54) is 13.8 Å². The number of ether oxygens (including phenoxy) is 1. The van der Waals surface area contributed by atoms with Gasteiger partial charge in [-0.1, -0.05) is 60.7 Å². The van der Waals surface area contributed by atoms with E-state index in [-0.39, 0.29) is 12.8 Å². The van der Waals surface area contributed by atoms with E-state index in [0.717, 1.165) is 11.1 Å². The normalized spacial score (nSPS) is 13.9. The minimum atomic E-state index is -1.17. The van der Waals surface area contributed by atoms with E-state index >= 15 is 0 Å². The van der Waals surface area contributed by atoms with Crippen LogP contribution in [0.1, 0.15) is 45.7 Å². The standard InChI is InChI=1S/C29H40N6O7/c1-18(24(36)30-22(16-20-12-8-6-9-13-20)25(37)35-33-19(2)27(39)40)32-34-26(38)23(17-21-14-10-7-11-15-21)31-28(41)42-29(3,4)5/h6-15,18-19,22-23,32-33H,16-17H2,1-5H3,(H,30,36)(H,31,41)(H,34,38)(H,35,37)(H,39,40)/t18-,19-,22+,23+/m1/s1. The number of benzene rings is 2. The number of rotatable bonds is 14. The van der Waals surface area contributed by atoms with Gasteiger partial charge in [0.15, 0.2) is 0 Å². The molecular weight excluding hydrogens is 544 g/mol. The molecule has 2 aromatic carbocycles. The molecule has 7 N–H and O–H groups in total. The van der Waals surface area contributed by atoms with E-state index in [4.69, 9.17) is 9.84 Å². The van der Waals surface area contributed by atoms with Crippen LogP contribution in [0.3, 0.4) is 0 Å². The van der Waals surface area contributed by atoms with E-state index in [1.807, 2.05) is 36.4 Å². The first-order valence-corrected chi connectivity index (χ1v) is 13.5. The maximum absolute atomic E-state index is 13.1. The van der Waals surface area contributed by atoms with Gasteiger partial charge < -0.3 is 20.5 Å². The Morgan fingerprint density at radius 2 is 1.12 bits per heavy atom. The Labute approximate surface area is 245 Å². The van der Waals surface area contributed by atoms with Gasteiger partial charge in [0.05, 0.1) is 0 Å². The van der Waals surface area contributed by atoms with Crippen molar-refractivity contribution in [1.82, 2.24) is 32.3 Å². The summed E-state index contributed by atoms with van der Waals surface area (Å²) in [6.07, 6.45) is -0.487. The fourth-order valence-electron chi connectivity index (χ4n) is 3.52. The average Bonchev–Trinajstić information content (AvgIpc) is 2.93. The van der Waals surface area contributed by atoms with Crippen LogP contribution in [0.15, 0.2) is 60.7 Å². The number of alkyl carbamates (subject to hydrolysis) is 1. The molecule has 2 rings (SSSR count). The molecule has 0 radical (unpaired) electrons. The third-order valence-corrected chi connectivity index (χ3v) is 5.79. The summed E-state index contributed by atoms with van der Waals surface area (Å²) in [7, 11) is 0. The molecule has 0 aliphatic carbocycles. The van der Waals surface area contributed by atoms with Crippen LogP contribution in [0.25, 0.3) is 0 Å². The summed E-state index contributed by atoms with van der Waals surface area (Å²) >= 11 is 0. The molecule has 0 aliphatic rings. The second-order valence-electron chi connectivity index (χ2n) is 10.7. The zero-order chi connectivity index (χ0) is 31.3. The Kier molecular flexibility index (Phi) is 12.9. The molecule has 2 aromatic rings. The van der Waals surface area contributed by atoms with Crippen LogP contribution in [-0.2, 0) is 36.8 Å². The minimum absolute atomic E-state index is 0.125. The first-order chi connectivity index (χ1) is 19.7. The molecule has 0 heterocycles. The Hall–Kier alpha value is -4.49. The summed E-state index contributed by atoms with van der Waals surface area (Å²) in [5, 5.41) is 14.2. The zero-order valence-electron chi connectivity index (χ0n) is 24.4. The van der Waals surface area contributed by atoms with Gasteiger partial charge in [0, 0.05) is 12.8 Å². The summed E-state index contributed by atoms with van der Waals surface area (Å²) < 4.78 is 5.29. The lowest BCUT2D eigenvalue weighted by molar-refractivity contribution is -0.140. The van der Waals surface area contributed by atoms with Gasteiger partial charge in [0.1, 0.15) is 29.8 Å². The summed E-state index contributed by atoms with van der Waals surface area (Å²) in [5.41, 5.74) is 10.6. The molecule has 0 spiro atoms. The molecule has 0 fully saturated rings. The highest BCUT2D eigenvalue weighted by molar-refractivity contribution is 5.90. The summed E-state index contributed by atoms with van der Waals surface area (Å²) in [5.74, 6) is -3.05. The molecule has 4 atom stereocenters. The molecule has 13 nitrogen and oxygen atoms in total. The first-order valence-electron chi connectivity index (χ1n) is 13.5. The molecular formula is C29H40N6O7. The lowest BCUT2D eigenvalue weighted by Crippen LogP contribution is -2.59. The van der Waals surface area contributed by atoms with Crippen LogP contribution in [0.2, 0.25) is 0 Å². The smallest absolute Gasteiger partial charge is 0.408 e. The number of aliphatic carboxylic acids is 1. The van der Waals surface area contributed by atoms with E-state index in [1.54, 1.807) is 45.0 Å². The van der Waals surface area contributed by atoms with Gasteiger partial charge in [-0.05, 0) is 45.7 Å². The third-order valence-electron chi connectivity index (χ3n) is 5.79. The van der Waals surface area contributed by atoms with Crippen molar-refractivity contribution in [2.24, 2.45) is 0 Å². The second kappa shape index (κ2) is 16.1. The quantitative estimate of drug-likeness (QED) is 0.159. The number of carbonyl (C=O) groups is 5. The highest BCUT2D eigenvalue weighted by Crippen LogP contribution is 2.09. The highest BCUT2D eigenvalue weighted by atomic mass is 16.6. The van der Waals surface area contributed by atoms with Gasteiger partial charge in [0.25, 0.3) is 11.8 Å². The van der Waals surface area contributed by atoms with Gasteiger partial charge in [-0.25, -0.2) is 15.6 Å². The molecule has 0 saturated heterocycles. The van der Waals surface area contributed by atoms with E-state index < -0.39 is 59.6 Å². The van der Waals surface area contributed by atoms with Crippen molar-refractivity contribution in [3.05, 3.63) is 71.8 Å². The number of hydrogen-bond acceptors (Lipinski definition) is 8. The van der Waals surface area contributed by atoms with Crippen LogP contribution in [0, 0.1) is 0 Å². The Bertz CT molecular complexity index is 1200. The largest absolute Gasteiger partial charge is 0.480 e. The number of carboxylic acid groups (broad SMARTS) is 1. The molecule has 13 heteroatoms. The number of carboxylic acids is 1. The van der Waals surface area contributed by atoms with Crippen LogP contribution < -0.4 is 32.3 Å². The van der Waals surface area contributed by atoms with Crippen molar-refractivity contribution in [3.63, 3.8) is 0 Å². The van der Waals surface area contributed by atoms with Gasteiger partial charge in [-0.2, -0.15) is 0 Å². The molecule has 0 unspecified atom stereocenters. The molecule has 4 amide bonds. The van der Waals surface area contributed by atoms with E-state index in [9.17, 15) is 24.0 Å². The summed E-state index contributed by atoms with van der Waals surface area (Å²) in [6.45, 7) is 7.94. The van der Waals surface area contributed by atoms with Crippen LogP contribution in [-0.4, -0.2) is 64.7 Å². The average molecular weight is 585 g/mol. The van der Waals surface area contributed by atoms with Crippen molar-refractivity contribution in [3.8, 4) is 0 Å². The number of nitrogens with one attached hydrogen (secondary N) is 6. The van der Waals surface area contributed by atoms with Crippen molar-refractivity contribution < 1.29 is 33.8 Å². The number of carbonyl (C=O) groups excluding carboxylic acids is 4. The molecule has 0 bridgehead atoms. The van der Waals surface area contributed by atoms with Gasteiger partial charge in [0.2, 0.25) is 5.91 Å². The van der Waals surface area contributed by atoms with Crippen LogP contribution in [0.4, 0.5) is 4.79 Å². The monoisotopic (exact) mass is 584 g/mol. The second-order valence-corrected chi connectivity index (χ2v) is 10.7. The molecule has 0 aromatic heterocycles. The van der Waals surface area contributed by atoms with Gasteiger partial charge in [-0.15, -0.1) is 0 Å². The number of hydrogen-bond donors (Lipinski definition) is 7. The number of amides is 4. The Balaban J connectivity index is 2.05. The zero-order valence-corrected chi connectivity index (χ0v) is 24.4. The van der Waals surface area contributed by atoms with Crippen LogP contribution >= 0.6 is 0 Å². The Morgan fingerprint density at radius 3 is 1.55 bits per heavy atom. The third kappa shape index (κ3) is 12.4. The molecule has 0 aliphatic heterocycles. The Morgan fingerprint density at radius 1 is 0.690 bits per heavy atom. The van der Waals surface area contributed by atoms with Crippen LogP contribution in [0.5, 0.6) is 0 Å². The van der Waals surface area contributed by atoms with E-state index in [2.05, 4.69) is 32.3 Å². The molecule has 228 valence electrons. The maximum atomic E-state index is 13.1. The van der Waals surface area contributed by atoms with E-state index in [0.29, 0.717) is 0 Å². The molecule has 0 saturated carbocycles. The summed E-state index contributed by atoms with van der Waals surface area (Å²) in [6, 6.07) is 13.9. The fraction of sp³-hybridized carbons (Fsp3) is 0.414. The van der Waals surface area contributed by atoms with Gasteiger partial charge >= 0.3 is 12.1 Å². The summed E-state index contributed by atoms with van der Waals surface area (Å²) in [4.78, 5) is 62.4. The SMILES string of the molecule is C[C@@H](NNC(=O)[C@H](Cc1ccccc1)NC(=O)[C@@H](C)NNC(=O)[C@H](Cc1ccccc1)NC(=O)OC(C)(C)C)C(=O)O. The minimum Gasteiger partial charge on any atom is -0.480 e. The predicted molar refractivity (Wildman–Crippen MR) is 154 cm³/mol. The van der Waals surface area contributed by atoms with Crippen molar-refractivity contribution in [2.45, 2.75) is 77.2 Å². The van der Waals surface area contributed by atoms with Gasteiger partial charge in [-0.3, -0.25) is 30.0 Å². The predicted octanol–water partition coefficient (Wildman–Crippen LogP) is 0.953. The van der Waals surface area contributed by atoms with Crippen molar-refractivity contribution in [1.29, 1.82) is 0 Å². The molecule has 42 heavy (non-hydrogen) atoms. The number of hydrazine groups is 2. The lowest BCUT2D eigenvalue weighted by atomic mass is 10.0. The van der Waals surface area contributed by atoms with Crippen molar-refractivity contribution >= 4 is 29.8 Å². The first kappa shape index (κ1) is 33.7. The fourth-order valence-corrected chi connectivity index (χ4v) is 3.52. The highest BCUT2D eigenvalue weighted by Gasteiger charge is 2.27. The lowest BCUT2D eigenvalue weighted by Gasteiger charge is -2.25. The topological polar surface area (TPSA) is 187 Å².